The van der Waals surface area contributed by atoms with Crippen molar-refractivity contribution in [2.24, 2.45) is 0 Å². The quantitative estimate of drug-likeness (QED) is 0.688. The fourth-order valence-electron chi connectivity index (χ4n) is 3.21. The van der Waals surface area contributed by atoms with Crippen molar-refractivity contribution in [2.45, 2.75) is 25.5 Å². The van der Waals surface area contributed by atoms with Crippen LogP contribution in [0.25, 0.3) is 11.0 Å². The zero-order valence-electron chi connectivity index (χ0n) is 14.2. The maximum atomic E-state index is 13.1. The summed E-state index contributed by atoms with van der Waals surface area (Å²) in [7, 11) is 0. The Hall–Kier alpha value is -2.44. The van der Waals surface area contributed by atoms with Crippen molar-refractivity contribution in [1.82, 2.24) is 4.90 Å². The number of nitrogens with zero attached hydrogens (tertiary/aromatic N) is 1. The summed E-state index contributed by atoms with van der Waals surface area (Å²) in [5, 5.41) is 2.47. The third kappa shape index (κ3) is 3.57. The molecule has 1 aliphatic rings. The van der Waals surface area contributed by atoms with Crippen LogP contribution >= 0.6 is 11.3 Å². The molecule has 0 N–H and O–H groups in total. The molecule has 3 heterocycles. The smallest absolute Gasteiger partial charge is 0.290 e. The van der Waals surface area contributed by atoms with Crippen LogP contribution in [0.4, 0.5) is 0 Å². The van der Waals surface area contributed by atoms with Gasteiger partial charge in [0, 0.05) is 24.1 Å². The maximum absolute atomic E-state index is 13.1. The van der Waals surface area contributed by atoms with Crippen LogP contribution in [0, 0.1) is 0 Å². The van der Waals surface area contributed by atoms with E-state index in [9.17, 15) is 9.59 Å². The largest absolute Gasteiger partial charge is 0.451 e. The van der Waals surface area contributed by atoms with Crippen molar-refractivity contribution < 1.29 is 13.9 Å². The van der Waals surface area contributed by atoms with Crippen molar-refractivity contribution >= 4 is 28.2 Å². The number of fused-ring (bicyclic) bond motifs is 1. The average Bonchev–Trinajstić information content (AvgIpc) is 3.34. The number of para-hydroxylation sites is 1. The molecule has 5 nitrogen and oxygen atoms in total. The molecule has 0 radical (unpaired) electrons. The summed E-state index contributed by atoms with van der Waals surface area (Å²) in [5.41, 5.74) is 0.222. The number of carbonyl (C=O) groups excluding carboxylic acids is 1. The van der Waals surface area contributed by atoms with E-state index in [1.54, 1.807) is 40.5 Å². The van der Waals surface area contributed by atoms with E-state index in [1.807, 2.05) is 17.5 Å². The molecule has 1 atom stereocenters. The van der Waals surface area contributed by atoms with Crippen LogP contribution in [-0.2, 0) is 11.3 Å². The van der Waals surface area contributed by atoms with E-state index in [1.165, 1.54) is 6.07 Å². The Morgan fingerprint density at radius 3 is 2.88 bits per heavy atom. The second-order valence-corrected chi connectivity index (χ2v) is 7.40. The van der Waals surface area contributed by atoms with Gasteiger partial charge in [0.05, 0.1) is 18.0 Å². The van der Waals surface area contributed by atoms with Crippen molar-refractivity contribution in [2.75, 3.05) is 13.2 Å². The van der Waals surface area contributed by atoms with Crippen LogP contribution in [0.3, 0.4) is 0 Å². The normalized spacial score (nSPS) is 16.8. The minimum Gasteiger partial charge on any atom is -0.451 e. The molecule has 1 amide bonds. The summed E-state index contributed by atoms with van der Waals surface area (Å²) in [5.74, 6) is -0.208. The first-order valence-electron chi connectivity index (χ1n) is 8.67. The molecular formula is C20H19NO4S. The highest BCUT2D eigenvalue weighted by Crippen LogP contribution is 2.20. The summed E-state index contributed by atoms with van der Waals surface area (Å²) in [6.07, 6.45) is 1.98. The molecule has 1 aromatic carbocycles. The lowest BCUT2D eigenvalue weighted by molar-refractivity contribution is 0.0486. The number of rotatable bonds is 5. The molecule has 2 aromatic heterocycles. The van der Waals surface area contributed by atoms with Gasteiger partial charge in [-0.2, -0.15) is 0 Å². The molecule has 1 saturated heterocycles. The molecule has 4 rings (SSSR count). The van der Waals surface area contributed by atoms with Gasteiger partial charge in [-0.1, -0.05) is 18.2 Å². The summed E-state index contributed by atoms with van der Waals surface area (Å²) < 4.78 is 11.4. The van der Waals surface area contributed by atoms with Crippen molar-refractivity contribution in [3.05, 3.63) is 68.7 Å². The van der Waals surface area contributed by atoms with Crippen LogP contribution in [-0.4, -0.2) is 30.1 Å². The number of benzene rings is 1. The minimum atomic E-state index is -0.281. The highest BCUT2D eigenvalue weighted by atomic mass is 32.1. The standard InChI is InChI=1S/C20H19NO4S/c22-17-11-19(25-18-8-2-1-7-16(17)18)20(23)21(12-14-5-3-9-24-14)13-15-6-4-10-26-15/h1-2,4,6-8,10-11,14H,3,5,9,12-13H2. The summed E-state index contributed by atoms with van der Waals surface area (Å²) in [6.45, 7) is 1.71. The van der Waals surface area contributed by atoms with Gasteiger partial charge in [0.25, 0.3) is 5.91 Å². The summed E-state index contributed by atoms with van der Waals surface area (Å²) >= 11 is 1.60. The predicted octanol–water partition coefficient (Wildman–Crippen LogP) is 3.68. The lowest BCUT2D eigenvalue weighted by atomic mass is 10.2. The molecule has 1 unspecified atom stereocenters. The molecule has 0 spiro atoms. The molecule has 0 saturated carbocycles. The third-order valence-electron chi connectivity index (χ3n) is 4.51. The van der Waals surface area contributed by atoms with E-state index < -0.39 is 0 Å². The molecule has 1 aliphatic heterocycles. The Kier molecular flexibility index (Phi) is 4.86. The second kappa shape index (κ2) is 7.43. The highest BCUT2D eigenvalue weighted by molar-refractivity contribution is 7.09. The Morgan fingerprint density at radius 1 is 1.23 bits per heavy atom. The van der Waals surface area contributed by atoms with Gasteiger partial charge in [0.2, 0.25) is 0 Å². The SMILES string of the molecule is O=C(c1cc(=O)c2ccccc2o1)N(Cc1cccs1)CC1CCCO1. The Morgan fingerprint density at radius 2 is 2.12 bits per heavy atom. The van der Waals surface area contributed by atoms with E-state index in [-0.39, 0.29) is 23.2 Å². The monoisotopic (exact) mass is 369 g/mol. The Balaban J connectivity index is 1.65. The van der Waals surface area contributed by atoms with Crippen LogP contribution in [0.15, 0.2) is 57.1 Å². The van der Waals surface area contributed by atoms with Crippen LogP contribution < -0.4 is 5.43 Å². The number of ether oxygens (including phenoxy) is 1. The number of hydrogen-bond donors (Lipinski definition) is 0. The number of thiophene rings is 1. The molecular weight excluding hydrogens is 350 g/mol. The number of carbonyl (C=O) groups is 1. The lowest BCUT2D eigenvalue weighted by Crippen LogP contribution is -2.37. The van der Waals surface area contributed by atoms with Gasteiger partial charge >= 0.3 is 0 Å². The summed E-state index contributed by atoms with van der Waals surface area (Å²) in [6, 6.07) is 12.2. The molecule has 6 heteroatoms. The van der Waals surface area contributed by atoms with Crippen molar-refractivity contribution in [1.29, 1.82) is 0 Å². The molecule has 1 fully saturated rings. The Bertz CT molecular complexity index is 957. The summed E-state index contributed by atoms with van der Waals surface area (Å²) in [4.78, 5) is 28.2. The highest BCUT2D eigenvalue weighted by Gasteiger charge is 2.25. The lowest BCUT2D eigenvalue weighted by Gasteiger charge is -2.24. The van der Waals surface area contributed by atoms with Crippen LogP contribution in [0.2, 0.25) is 0 Å². The average molecular weight is 369 g/mol. The topological polar surface area (TPSA) is 59.8 Å². The van der Waals surface area contributed by atoms with E-state index in [0.717, 1.165) is 24.3 Å². The van der Waals surface area contributed by atoms with Crippen LogP contribution in [0.5, 0.6) is 0 Å². The first-order chi connectivity index (χ1) is 12.7. The van der Waals surface area contributed by atoms with Gasteiger partial charge in [0.1, 0.15) is 5.58 Å². The van der Waals surface area contributed by atoms with Gasteiger partial charge in [-0.25, -0.2) is 0 Å². The maximum Gasteiger partial charge on any atom is 0.290 e. The fraction of sp³-hybridized carbons (Fsp3) is 0.300. The van der Waals surface area contributed by atoms with Crippen LogP contribution in [0.1, 0.15) is 28.3 Å². The van der Waals surface area contributed by atoms with E-state index in [4.69, 9.17) is 9.15 Å². The molecule has 0 bridgehead atoms. The zero-order chi connectivity index (χ0) is 17.9. The molecule has 26 heavy (non-hydrogen) atoms. The second-order valence-electron chi connectivity index (χ2n) is 6.37. The van der Waals surface area contributed by atoms with E-state index in [2.05, 4.69) is 0 Å². The minimum absolute atomic E-state index is 0.0334. The van der Waals surface area contributed by atoms with E-state index >= 15 is 0 Å². The van der Waals surface area contributed by atoms with Gasteiger partial charge in [0.15, 0.2) is 11.2 Å². The van der Waals surface area contributed by atoms with Gasteiger partial charge in [-0.3, -0.25) is 9.59 Å². The third-order valence-corrected chi connectivity index (χ3v) is 5.37. The van der Waals surface area contributed by atoms with Gasteiger partial charge in [-0.15, -0.1) is 11.3 Å². The van der Waals surface area contributed by atoms with Gasteiger partial charge < -0.3 is 14.1 Å². The predicted molar refractivity (Wildman–Crippen MR) is 101 cm³/mol. The first kappa shape index (κ1) is 17.0. The number of hydrogen-bond acceptors (Lipinski definition) is 5. The van der Waals surface area contributed by atoms with E-state index in [0.29, 0.717) is 24.1 Å². The molecule has 0 aliphatic carbocycles. The van der Waals surface area contributed by atoms with Gasteiger partial charge in [-0.05, 0) is 36.4 Å². The zero-order valence-corrected chi connectivity index (χ0v) is 15.0. The molecule has 134 valence electrons. The number of amides is 1. The first-order valence-corrected chi connectivity index (χ1v) is 9.55. The Labute approximate surface area is 154 Å². The van der Waals surface area contributed by atoms with Crippen molar-refractivity contribution in [3.8, 4) is 0 Å². The molecule has 3 aromatic rings. The van der Waals surface area contributed by atoms with Crippen molar-refractivity contribution in [3.63, 3.8) is 0 Å². The fourth-order valence-corrected chi connectivity index (χ4v) is 3.93.